The van der Waals surface area contributed by atoms with Gasteiger partial charge in [-0.3, -0.25) is 9.88 Å². The van der Waals surface area contributed by atoms with E-state index in [1.807, 2.05) is 12.1 Å². The molecular formula is C16H22N2O4. The van der Waals surface area contributed by atoms with Gasteiger partial charge in [0.1, 0.15) is 11.6 Å². The number of hydrogen-bond donors (Lipinski definition) is 0. The van der Waals surface area contributed by atoms with Gasteiger partial charge >= 0.3 is 12.1 Å². The van der Waals surface area contributed by atoms with Crippen molar-refractivity contribution in [2.75, 3.05) is 7.11 Å². The lowest BCUT2D eigenvalue weighted by Gasteiger charge is -2.31. The Bertz CT molecular complexity index is 539. The molecule has 2 heterocycles. The van der Waals surface area contributed by atoms with Gasteiger partial charge in [-0.1, -0.05) is 6.07 Å². The molecule has 1 aromatic heterocycles. The van der Waals surface area contributed by atoms with Gasteiger partial charge in [0, 0.05) is 12.4 Å². The van der Waals surface area contributed by atoms with E-state index in [0.717, 1.165) is 5.56 Å². The Morgan fingerprint density at radius 3 is 2.59 bits per heavy atom. The van der Waals surface area contributed by atoms with Crippen LogP contribution in [0.5, 0.6) is 0 Å². The van der Waals surface area contributed by atoms with Crippen LogP contribution in [-0.2, 0) is 14.3 Å². The van der Waals surface area contributed by atoms with E-state index in [1.54, 1.807) is 33.2 Å². The van der Waals surface area contributed by atoms with Crippen LogP contribution in [0.15, 0.2) is 24.5 Å². The molecule has 0 N–H and O–H groups in total. The molecule has 6 nitrogen and oxygen atoms in total. The minimum Gasteiger partial charge on any atom is -0.467 e. The van der Waals surface area contributed by atoms with Gasteiger partial charge in [-0.05, 0) is 45.2 Å². The standard InChI is InChI=1S/C16H22N2O4/c1-16(2,3)22-15(20)18-12(11-6-5-9-17-10-11)7-8-13(18)14(19)21-4/h5-6,9-10,12-13H,7-8H2,1-4H3/t12-,13+/m0/s1. The molecule has 0 aromatic carbocycles. The van der Waals surface area contributed by atoms with Gasteiger partial charge in [0.25, 0.3) is 0 Å². The zero-order chi connectivity index (χ0) is 16.3. The van der Waals surface area contributed by atoms with E-state index in [4.69, 9.17) is 9.47 Å². The molecule has 6 heteroatoms. The SMILES string of the molecule is COC(=O)[C@H]1CC[C@@H](c2cccnc2)N1C(=O)OC(C)(C)C. The summed E-state index contributed by atoms with van der Waals surface area (Å²) in [6, 6.07) is 2.86. The summed E-state index contributed by atoms with van der Waals surface area (Å²) in [5, 5.41) is 0. The molecule has 1 aliphatic heterocycles. The number of nitrogens with zero attached hydrogens (tertiary/aromatic N) is 2. The van der Waals surface area contributed by atoms with Crippen molar-refractivity contribution in [1.82, 2.24) is 9.88 Å². The average molecular weight is 306 g/mol. The molecule has 2 rings (SSSR count). The first-order valence-electron chi connectivity index (χ1n) is 7.32. The third-order valence-electron chi connectivity index (χ3n) is 3.53. The number of carbonyl (C=O) groups is 2. The van der Waals surface area contributed by atoms with E-state index in [1.165, 1.54) is 12.0 Å². The minimum atomic E-state index is -0.625. The van der Waals surface area contributed by atoms with E-state index in [-0.39, 0.29) is 6.04 Å². The van der Waals surface area contributed by atoms with Gasteiger partial charge in [0.2, 0.25) is 0 Å². The Morgan fingerprint density at radius 2 is 2.05 bits per heavy atom. The molecule has 1 saturated heterocycles. The molecule has 120 valence electrons. The van der Waals surface area contributed by atoms with Crippen molar-refractivity contribution in [2.24, 2.45) is 0 Å². The summed E-state index contributed by atoms with van der Waals surface area (Å²) in [6.45, 7) is 5.40. The van der Waals surface area contributed by atoms with Gasteiger partial charge in [0.15, 0.2) is 0 Å². The summed E-state index contributed by atoms with van der Waals surface area (Å²) >= 11 is 0. The largest absolute Gasteiger partial charge is 0.467 e. The molecule has 22 heavy (non-hydrogen) atoms. The van der Waals surface area contributed by atoms with Crippen molar-refractivity contribution in [3.05, 3.63) is 30.1 Å². The van der Waals surface area contributed by atoms with Crippen LogP contribution in [0.4, 0.5) is 4.79 Å². The van der Waals surface area contributed by atoms with Crippen LogP contribution in [0.3, 0.4) is 0 Å². The summed E-state index contributed by atoms with van der Waals surface area (Å²) in [4.78, 5) is 30.1. The Kier molecular flexibility index (Phi) is 4.68. The van der Waals surface area contributed by atoms with Crippen molar-refractivity contribution in [2.45, 2.75) is 51.3 Å². The zero-order valence-corrected chi connectivity index (χ0v) is 13.4. The highest BCUT2D eigenvalue weighted by Crippen LogP contribution is 2.37. The average Bonchev–Trinajstić information content (AvgIpc) is 2.90. The van der Waals surface area contributed by atoms with Gasteiger partial charge < -0.3 is 9.47 Å². The number of likely N-dealkylation sites (tertiary alicyclic amines) is 1. The van der Waals surface area contributed by atoms with Crippen LogP contribution in [0.1, 0.15) is 45.2 Å². The predicted molar refractivity (Wildman–Crippen MR) is 80.1 cm³/mol. The summed E-state index contributed by atoms with van der Waals surface area (Å²) in [6.07, 6.45) is 4.10. The maximum absolute atomic E-state index is 12.6. The van der Waals surface area contributed by atoms with E-state index in [0.29, 0.717) is 12.8 Å². The van der Waals surface area contributed by atoms with Crippen molar-refractivity contribution >= 4 is 12.1 Å². The number of esters is 1. The fraction of sp³-hybridized carbons (Fsp3) is 0.562. The molecule has 1 fully saturated rings. The van der Waals surface area contributed by atoms with E-state index in [2.05, 4.69) is 4.98 Å². The van der Waals surface area contributed by atoms with Crippen molar-refractivity contribution in [3.63, 3.8) is 0 Å². The first kappa shape index (κ1) is 16.3. The highest BCUT2D eigenvalue weighted by Gasteiger charge is 2.44. The van der Waals surface area contributed by atoms with Crippen LogP contribution < -0.4 is 0 Å². The molecule has 1 aliphatic rings. The number of carbonyl (C=O) groups excluding carboxylic acids is 2. The van der Waals surface area contributed by atoms with Gasteiger partial charge in [-0.15, -0.1) is 0 Å². The highest BCUT2D eigenvalue weighted by atomic mass is 16.6. The quantitative estimate of drug-likeness (QED) is 0.786. The molecule has 0 unspecified atom stereocenters. The fourth-order valence-corrected chi connectivity index (χ4v) is 2.65. The van der Waals surface area contributed by atoms with E-state index in [9.17, 15) is 9.59 Å². The molecule has 1 amide bonds. The Labute approximate surface area is 130 Å². The number of amides is 1. The Balaban J connectivity index is 2.30. The zero-order valence-electron chi connectivity index (χ0n) is 13.4. The number of methoxy groups -OCH3 is 1. The topological polar surface area (TPSA) is 68.7 Å². The number of hydrogen-bond acceptors (Lipinski definition) is 5. The maximum atomic E-state index is 12.6. The van der Waals surface area contributed by atoms with Crippen LogP contribution >= 0.6 is 0 Å². The normalized spacial score (nSPS) is 21.5. The first-order chi connectivity index (χ1) is 10.3. The van der Waals surface area contributed by atoms with Crippen molar-refractivity contribution in [3.8, 4) is 0 Å². The van der Waals surface area contributed by atoms with Gasteiger partial charge in [-0.25, -0.2) is 9.59 Å². The Morgan fingerprint density at radius 1 is 1.32 bits per heavy atom. The van der Waals surface area contributed by atoms with Crippen LogP contribution in [0.2, 0.25) is 0 Å². The van der Waals surface area contributed by atoms with Gasteiger partial charge in [0.05, 0.1) is 13.2 Å². The number of aromatic nitrogens is 1. The van der Waals surface area contributed by atoms with Crippen LogP contribution in [0, 0.1) is 0 Å². The smallest absolute Gasteiger partial charge is 0.411 e. The lowest BCUT2D eigenvalue weighted by Crippen LogP contribution is -2.44. The van der Waals surface area contributed by atoms with E-state index >= 15 is 0 Å². The number of rotatable bonds is 2. The highest BCUT2D eigenvalue weighted by molar-refractivity contribution is 5.82. The summed E-state index contributed by atoms with van der Waals surface area (Å²) in [5.74, 6) is -0.419. The lowest BCUT2D eigenvalue weighted by atomic mass is 10.1. The molecular weight excluding hydrogens is 284 g/mol. The van der Waals surface area contributed by atoms with E-state index < -0.39 is 23.7 Å². The molecule has 1 aromatic rings. The second-order valence-corrected chi connectivity index (χ2v) is 6.31. The lowest BCUT2D eigenvalue weighted by molar-refractivity contribution is -0.146. The monoisotopic (exact) mass is 306 g/mol. The molecule has 0 spiro atoms. The van der Waals surface area contributed by atoms with Crippen LogP contribution in [-0.4, -0.2) is 40.7 Å². The Hall–Kier alpha value is -2.11. The summed E-state index contributed by atoms with van der Waals surface area (Å²) < 4.78 is 10.3. The second kappa shape index (κ2) is 6.34. The molecule has 0 bridgehead atoms. The summed E-state index contributed by atoms with van der Waals surface area (Å²) in [7, 11) is 1.33. The third kappa shape index (κ3) is 3.55. The van der Waals surface area contributed by atoms with Crippen LogP contribution in [0.25, 0.3) is 0 Å². The first-order valence-corrected chi connectivity index (χ1v) is 7.32. The predicted octanol–water partition coefficient (Wildman–Crippen LogP) is 2.70. The van der Waals surface area contributed by atoms with Gasteiger partial charge in [-0.2, -0.15) is 0 Å². The molecule has 2 atom stereocenters. The van der Waals surface area contributed by atoms with Crippen molar-refractivity contribution < 1.29 is 19.1 Å². The van der Waals surface area contributed by atoms with Crippen molar-refractivity contribution in [1.29, 1.82) is 0 Å². The molecule has 0 saturated carbocycles. The maximum Gasteiger partial charge on any atom is 0.411 e. The third-order valence-corrected chi connectivity index (χ3v) is 3.53. The second-order valence-electron chi connectivity index (χ2n) is 6.31. The summed E-state index contributed by atoms with van der Waals surface area (Å²) in [5.41, 5.74) is 0.264. The molecule has 0 aliphatic carbocycles. The fourth-order valence-electron chi connectivity index (χ4n) is 2.65. The molecule has 0 radical (unpaired) electrons. The number of ether oxygens (including phenoxy) is 2. The minimum absolute atomic E-state index is 0.229. The number of pyridine rings is 1.